The molecule has 2 rings (SSSR count). The van der Waals surface area contributed by atoms with E-state index in [1.807, 2.05) is 23.7 Å². The molecule has 18 heavy (non-hydrogen) atoms. The fraction of sp³-hybridized carbons (Fsp3) is 0.462. The van der Waals surface area contributed by atoms with Gasteiger partial charge in [0.15, 0.2) is 5.13 Å². The van der Waals surface area contributed by atoms with Crippen molar-refractivity contribution in [3.05, 3.63) is 33.9 Å². The molecule has 0 unspecified atom stereocenters. The normalized spacial score (nSPS) is 11.2. The van der Waals surface area contributed by atoms with Crippen LogP contribution in [0.25, 0.3) is 0 Å². The van der Waals surface area contributed by atoms with Gasteiger partial charge in [0, 0.05) is 17.5 Å². The Morgan fingerprint density at radius 1 is 1.44 bits per heavy atom. The SMILES string of the molecule is Cc1cc(NCc2ccc(F)s2)n(CC(C)C)n1. The predicted molar refractivity (Wildman–Crippen MR) is 73.4 cm³/mol. The summed E-state index contributed by atoms with van der Waals surface area (Å²) >= 11 is 1.17. The molecule has 0 atom stereocenters. The van der Waals surface area contributed by atoms with E-state index < -0.39 is 0 Å². The highest BCUT2D eigenvalue weighted by Gasteiger charge is 2.07. The molecule has 1 N–H and O–H groups in total. The van der Waals surface area contributed by atoms with E-state index in [1.165, 1.54) is 17.4 Å². The van der Waals surface area contributed by atoms with Crippen LogP contribution in [0.2, 0.25) is 0 Å². The molecule has 0 bridgehead atoms. The standard InChI is InChI=1S/C13H18FN3S/c1-9(2)8-17-13(6-10(3)16-17)15-7-11-4-5-12(14)18-11/h4-6,9,15H,7-8H2,1-3H3. The summed E-state index contributed by atoms with van der Waals surface area (Å²) in [4.78, 5) is 0.988. The highest BCUT2D eigenvalue weighted by molar-refractivity contribution is 7.10. The maximum absolute atomic E-state index is 12.9. The molecule has 0 aromatic carbocycles. The molecule has 0 spiro atoms. The van der Waals surface area contributed by atoms with Crippen LogP contribution in [0.5, 0.6) is 0 Å². The zero-order valence-corrected chi connectivity index (χ0v) is 11.7. The minimum atomic E-state index is -0.140. The summed E-state index contributed by atoms with van der Waals surface area (Å²) in [6, 6.07) is 5.33. The Bertz CT molecular complexity index is 516. The van der Waals surface area contributed by atoms with Gasteiger partial charge >= 0.3 is 0 Å². The van der Waals surface area contributed by atoms with Gasteiger partial charge in [0.1, 0.15) is 5.82 Å². The number of nitrogens with zero attached hydrogens (tertiary/aromatic N) is 2. The zero-order chi connectivity index (χ0) is 13.1. The van der Waals surface area contributed by atoms with Crippen molar-refractivity contribution in [2.45, 2.75) is 33.9 Å². The molecule has 0 saturated carbocycles. The molecule has 0 aliphatic rings. The Kier molecular flexibility index (Phi) is 4.01. The maximum Gasteiger partial charge on any atom is 0.176 e. The van der Waals surface area contributed by atoms with Crippen LogP contribution in [0, 0.1) is 18.0 Å². The van der Waals surface area contributed by atoms with E-state index in [1.54, 1.807) is 0 Å². The Balaban J connectivity index is 2.04. The van der Waals surface area contributed by atoms with Crippen molar-refractivity contribution in [3.8, 4) is 0 Å². The van der Waals surface area contributed by atoms with Crippen LogP contribution in [0.15, 0.2) is 18.2 Å². The van der Waals surface area contributed by atoms with Gasteiger partial charge in [-0.1, -0.05) is 13.8 Å². The molecule has 5 heteroatoms. The molecular formula is C13H18FN3S. The van der Waals surface area contributed by atoms with Gasteiger partial charge < -0.3 is 5.32 Å². The lowest BCUT2D eigenvalue weighted by molar-refractivity contribution is 0.485. The van der Waals surface area contributed by atoms with E-state index in [2.05, 4.69) is 24.3 Å². The van der Waals surface area contributed by atoms with Crippen LogP contribution in [0.3, 0.4) is 0 Å². The van der Waals surface area contributed by atoms with Crippen molar-refractivity contribution in [3.63, 3.8) is 0 Å². The zero-order valence-electron chi connectivity index (χ0n) is 10.9. The number of nitrogens with one attached hydrogen (secondary N) is 1. The molecule has 0 fully saturated rings. The number of anilines is 1. The Morgan fingerprint density at radius 3 is 2.83 bits per heavy atom. The lowest BCUT2D eigenvalue weighted by Gasteiger charge is -2.10. The van der Waals surface area contributed by atoms with E-state index >= 15 is 0 Å². The number of aromatic nitrogens is 2. The molecule has 2 heterocycles. The first-order valence-corrected chi connectivity index (χ1v) is 6.89. The van der Waals surface area contributed by atoms with Gasteiger partial charge in [-0.3, -0.25) is 0 Å². The fourth-order valence-corrected chi connectivity index (χ4v) is 2.46. The second kappa shape index (κ2) is 5.52. The molecular weight excluding hydrogens is 249 g/mol. The Morgan fingerprint density at radius 2 is 2.22 bits per heavy atom. The van der Waals surface area contributed by atoms with E-state index in [0.29, 0.717) is 12.5 Å². The van der Waals surface area contributed by atoms with Gasteiger partial charge in [0.25, 0.3) is 0 Å². The summed E-state index contributed by atoms with van der Waals surface area (Å²) in [5, 5.41) is 7.62. The average molecular weight is 267 g/mol. The summed E-state index contributed by atoms with van der Waals surface area (Å²) in [7, 11) is 0. The van der Waals surface area contributed by atoms with Crippen LogP contribution < -0.4 is 5.32 Å². The van der Waals surface area contributed by atoms with Crippen LogP contribution in [0.4, 0.5) is 10.2 Å². The molecule has 2 aromatic heterocycles. The Hall–Kier alpha value is -1.36. The average Bonchev–Trinajstić information content (AvgIpc) is 2.82. The first kappa shape index (κ1) is 13.1. The first-order chi connectivity index (χ1) is 8.54. The van der Waals surface area contributed by atoms with Crippen LogP contribution in [-0.2, 0) is 13.1 Å². The minimum absolute atomic E-state index is 0.140. The van der Waals surface area contributed by atoms with Crippen molar-refractivity contribution in [1.82, 2.24) is 9.78 Å². The lowest BCUT2D eigenvalue weighted by Crippen LogP contribution is -2.11. The largest absolute Gasteiger partial charge is 0.365 e. The number of hydrogen-bond donors (Lipinski definition) is 1. The number of aryl methyl sites for hydroxylation is 1. The van der Waals surface area contributed by atoms with Crippen molar-refractivity contribution < 1.29 is 4.39 Å². The highest BCUT2D eigenvalue weighted by atomic mass is 32.1. The van der Waals surface area contributed by atoms with Crippen molar-refractivity contribution in [2.24, 2.45) is 5.92 Å². The summed E-state index contributed by atoms with van der Waals surface area (Å²) in [5.41, 5.74) is 0.996. The van der Waals surface area contributed by atoms with Gasteiger partial charge in [-0.25, -0.2) is 4.68 Å². The topological polar surface area (TPSA) is 29.9 Å². The summed E-state index contributed by atoms with van der Waals surface area (Å²) < 4.78 is 14.9. The van der Waals surface area contributed by atoms with E-state index in [0.717, 1.165) is 22.9 Å². The molecule has 2 aromatic rings. The molecule has 0 radical (unpaired) electrons. The van der Waals surface area contributed by atoms with Gasteiger partial charge in [0.2, 0.25) is 0 Å². The number of rotatable bonds is 5. The van der Waals surface area contributed by atoms with Crippen molar-refractivity contribution >= 4 is 17.2 Å². The van der Waals surface area contributed by atoms with Gasteiger partial charge in [-0.15, -0.1) is 11.3 Å². The number of thiophene rings is 1. The van der Waals surface area contributed by atoms with Crippen LogP contribution >= 0.6 is 11.3 Å². The summed E-state index contributed by atoms with van der Waals surface area (Å²) in [6.07, 6.45) is 0. The van der Waals surface area contributed by atoms with Crippen LogP contribution in [0.1, 0.15) is 24.4 Å². The minimum Gasteiger partial charge on any atom is -0.365 e. The third-order valence-electron chi connectivity index (χ3n) is 2.51. The highest BCUT2D eigenvalue weighted by Crippen LogP contribution is 2.18. The smallest absolute Gasteiger partial charge is 0.176 e. The second-order valence-electron chi connectivity index (χ2n) is 4.81. The monoisotopic (exact) mass is 267 g/mol. The summed E-state index contributed by atoms with van der Waals surface area (Å²) in [5.74, 6) is 1.54. The quantitative estimate of drug-likeness (QED) is 0.896. The van der Waals surface area contributed by atoms with Crippen molar-refractivity contribution in [2.75, 3.05) is 5.32 Å². The van der Waals surface area contributed by atoms with E-state index in [-0.39, 0.29) is 5.13 Å². The van der Waals surface area contributed by atoms with E-state index in [4.69, 9.17) is 0 Å². The van der Waals surface area contributed by atoms with Crippen molar-refractivity contribution in [1.29, 1.82) is 0 Å². The first-order valence-electron chi connectivity index (χ1n) is 6.07. The maximum atomic E-state index is 12.9. The van der Waals surface area contributed by atoms with Gasteiger partial charge in [-0.05, 0) is 25.0 Å². The second-order valence-corrected chi connectivity index (χ2v) is 5.92. The number of hydrogen-bond acceptors (Lipinski definition) is 3. The fourth-order valence-electron chi connectivity index (χ4n) is 1.80. The molecule has 3 nitrogen and oxygen atoms in total. The Labute approximate surface area is 111 Å². The predicted octanol–water partition coefficient (Wildman–Crippen LogP) is 3.66. The summed E-state index contributed by atoms with van der Waals surface area (Å²) in [6.45, 7) is 7.82. The van der Waals surface area contributed by atoms with E-state index in [9.17, 15) is 4.39 Å². The van der Waals surface area contributed by atoms with Gasteiger partial charge in [-0.2, -0.15) is 9.49 Å². The molecule has 98 valence electrons. The third kappa shape index (κ3) is 3.32. The molecule has 0 amide bonds. The molecule has 0 aliphatic heterocycles. The van der Waals surface area contributed by atoms with Gasteiger partial charge in [0.05, 0.1) is 12.2 Å². The lowest BCUT2D eigenvalue weighted by atomic mass is 10.2. The van der Waals surface area contributed by atoms with Crippen LogP contribution in [-0.4, -0.2) is 9.78 Å². The third-order valence-corrected chi connectivity index (χ3v) is 3.39. The molecule has 0 aliphatic carbocycles. The number of halogens is 1. The molecule has 0 saturated heterocycles.